The molecule has 2 N–H and O–H groups in total. The molecule has 1 aromatic heterocycles. The number of rotatable bonds is 3. The number of hydrogen-bond donors (Lipinski definition) is 2. The minimum Gasteiger partial charge on any atom is -0.504 e. The Bertz CT molecular complexity index is 990. The van der Waals surface area contributed by atoms with E-state index in [0.29, 0.717) is 18.0 Å². The monoisotopic (exact) mass is 353 g/mol. The lowest BCUT2D eigenvalue weighted by Crippen LogP contribution is -2.31. The average molecular weight is 353 g/mol. The lowest BCUT2D eigenvalue weighted by atomic mass is 9.98. The van der Waals surface area contributed by atoms with Gasteiger partial charge >= 0.3 is 0 Å². The number of ether oxygens (including phenoxy) is 2. The summed E-state index contributed by atoms with van der Waals surface area (Å²) in [6.45, 7) is 1.33. The smallest absolute Gasteiger partial charge is 0.162 e. The summed E-state index contributed by atoms with van der Waals surface area (Å²) in [5.74, 6) is 1.85. The van der Waals surface area contributed by atoms with Gasteiger partial charge in [-0.05, 0) is 35.7 Å². The van der Waals surface area contributed by atoms with Crippen molar-refractivity contribution in [2.75, 3.05) is 25.7 Å². The minimum absolute atomic E-state index is 0.0819. The van der Waals surface area contributed by atoms with E-state index in [-0.39, 0.29) is 11.5 Å². The number of methoxy groups -OCH3 is 2. The molecule has 0 bridgehead atoms. The number of aromatic nitrogens is 2. The third-order valence-electron chi connectivity index (χ3n) is 4.73. The first-order chi connectivity index (χ1) is 12.6. The van der Waals surface area contributed by atoms with Crippen LogP contribution in [0, 0.1) is 0 Å². The fraction of sp³-hybridized carbons (Fsp3) is 0.263. The molecule has 2 heterocycles. The van der Waals surface area contributed by atoms with Crippen molar-refractivity contribution in [3.8, 4) is 23.0 Å². The first-order valence-corrected chi connectivity index (χ1v) is 8.26. The predicted octanol–water partition coefficient (Wildman–Crippen LogP) is 2.62. The van der Waals surface area contributed by atoms with Crippen molar-refractivity contribution in [2.24, 2.45) is 0 Å². The van der Waals surface area contributed by atoms with Crippen molar-refractivity contribution >= 4 is 16.7 Å². The van der Waals surface area contributed by atoms with E-state index in [4.69, 9.17) is 9.47 Å². The van der Waals surface area contributed by atoms with Crippen LogP contribution >= 0.6 is 0 Å². The second-order valence-electron chi connectivity index (χ2n) is 6.20. The van der Waals surface area contributed by atoms with Crippen molar-refractivity contribution in [3.63, 3.8) is 0 Å². The summed E-state index contributed by atoms with van der Waals surface area (Å²) in [6, 6.07) is 6.96. The lowest BCUT2D eigenvalue weighted by Gasteiger charge is -2.30. The third-order valence-corrected chi connectivity index (χ3v) is 4.73. The van der Waals surface area contributed by atoms with E-state index in [2.05, 4.69) is 14.9 Å². The molecule has 0 amide bonds. The molecule has 26 heavy (non-hydrogen) atoms. The van der Waals surface area contributed by atoms with E-state index in [1.54, 1.807) is 26.4 Å². The van der Waals surface area contributed by atoms with Gasteiger partial charge in [0.15, 0.2) is 23.0 Å². The van der Waals surface area contributed by atoms with Gasteiger partial charge in [0.2, 0.25) is 0 Å². The maximum absolute atomic E-state index is 9.81. The molecule has 7 heteroatoms. The Morgan fingerprint density at radius 1 is 0.923 bits per heavy atom. The standard InChI is InChI=1S/C19H19N3O4/c1-25-17-7-13-14(8-18(17)26-2)20-10-21-19(13)22-4-3-11-5-15(23)16(24)6-12(11)9-22/h5-8,10,23-24H,3-4,9H2,1-2H3. The second-order valence-corrected chi connectivity index (χ2v) is 6.20. The minimum atomic E-state index is -0.107. The molecule has 0 fully saturated rings. The quantitative estimate of drug-likeness (QED) is 0.700. The molecule has 0 aliphatic carbocycles. The highest BCUT2D eigenvalue weighted by molar-refractivity contribution is 5.92. The van der Waals surface area contributed by atoms with Gasteiger partial charge in [-0.2, -0.15) is 0 Å². The fourth-order valence-electron chi connectivity index (χ4n) is 3.39. The van der Waals surface area contributed by atoms with Gasteiger partial charge in [0.1, 0.15) is 12.1 Å². The Kier molecular flexibility index (Phi) is 3.91. The van der Waals surface area contributed by atoms with Crippen LogP contribution in [0.2, 0.25) is 0 Å². The molecule has 0 saturated heterocycles. The summed E-state index contributed by atoms with van der Waals surface area (Å²) in [4.78, 5) is 11.0. The van der Waals surface area contributed by atoms with Gasteiger partial charge in [0.05, 0.1) is 19.7 Å². The topological polar surface area (TPSA) is 87.9 Å². The van der Waals surface area contributed by atoms with E-state index in [1.807, 2.05) is 12.1 Å². The molecule has 1 aliphatic heterocycles. The molecule has 3 aromatic rings. The summed E-state index contributed by atoms with van der Waals surface area (Å²) < 4.78 is 10.8. The average Bonchev–Trinajstić information content (AvgIpc) is 2.67. The number of nitrogens with zero attached hydrogens (tertiary/aromatic N) is 3. The van der Waals surface area contributed by atoms with Gasteiger partial charge in [-0.25, -0.2) is 9.97 Å². The molecular formula is C19H19N3O4. The highest BCUT2D eigenvalue weighted by Crippen LogP contribution is 2.37. The van der Waals surface area contributed by atoms with Crippen LogP contribution in [0.3, 0.4) is 0 Å². The van der Waals surface area contributed by atoms with Crippen molar-refractivity contribution in [3.05, 3.63) is 41.7 Å². The van der Waals surface area contributed by atoms with Crippen LogP contribution in [-0.2, 0) is 13.0 Å². The molecule has 4 rings (SSSR count). The third kappa shape index (κ3) is 2.61. The molecule has 0 saturated carbocycles. The summed E-state index contributed by atoms with van der Waals surface area (Å²) in [7, 11) is 3.19. The number of aromatic hydroxyl groups is 2. The van der Waals surface area contributed by atoms with E-state index in [1.165, 1.54) is 6.33 Å². The highest BCUT2D eigenvalue weighted by atomic mass is 16.5. The predicted molar refractivity (Wildman–Crippen MR) is 97.2 cm³/mol. The summed E-state index contributed by atoms with van der Waals surface area (Å²) in [6.07, 6.45) is 2.29. The van der Waals surface area contributed by atoms with Crippen LogP contribution in [0.5, 0.6) is 23.0 Å². The van der Waals surface area contributed by atoms with Crippen LogP contribution in [0.15, 0.2) is 30.6 Å². The molecular weight excluding hydrogens is 334 g/mol. The number of benzene rings is 2. The largest absolute Gasteiger partial charge is 0.504 e. The van der Waals surface area contributed by atoms with Crippen molar-refractivity contribution in [2.45, 2.75) is 13.0 Å². The normalized spacial score (nSPS) is 13.5. The number of hydrogen-bond acceptors (Lipinski definition) is 7. The number of fused-ring (bicyclic) bond motifs is 2. The number of anilines is 1. The second kappa shape index (κ2) is 6.25. The van der Waals surface area contributed by atoms with E-state index in [9.17, 15) is 10.2 Å². The maximum atomic E-state index is 9.81. The summed E-state index contributed by atoms with van der Waals surface area (Å²) in [5.41, 5.74) is 2.78. The SMILES string of the molecule is COc1cc2ncnc(N3CCc4cc(O)c(O)cc4C3)c2cc1OC. The number of phenolic OH excluding ortho intramolecular Hbond substituents is 2. The molecule has 0 atom stereocenters. The van der Waals surface area contributed by atoms with E-state index < -0.39 is 0 Å². The maximum Gasteiger partial charge on any atom is 0.162 e. The van der Waals surface area contributed by atoms with Gasteiger partial charge in [-0.1, -0.05) is 0 Å². The Labute approximate surface area is 150 Å². The molecule has 134 valence electrons. The van der Waals surface area contributed by atoms with Crippen LogP contribution in [0.1, 0.15) is 11.1 Å². The Morgan fingerprint density at radius 3 is 2.35 bits per heavy atom. The van der Waals surface area contributed by atoms with Gasteiger partial charge in [0, 0.05) is 24.5 Å². The highest BCUT2D eigenvalue weighted by Gasteiger charge is 2.22. The number of phenols is 2. The van der Waals surface area contributed by atoms with Crippen LogP contribution in [0.4, 0.5) is 5.82 Å². The van der Waals surface area contributed by atoms with Crippen LogP contribution in [-0.4, -0.2) is 40.9 Å². The zero-order chi connectivity index (χ0) is 18.3. The van der Waals surface area contributed by atoms with Gasteiger partial charge in [-0.3, -0.25) is 0 Å². The Balaban J connectivity index is 1.78. The van der Waals surface area contributed by atoms with Gasteiger partial charge in [-0.15, -0.1) is 0 Å². The Morgan fingerprint density at radius 2 is 1.62 bits per heavy atom. The summed E-state index contributed by atoms with van der Waals surface area (Å²) >= 11 is 0. The molecule has 0 spiro atoms. The fourth-order valence-corrected chi connectivity index (χ4v) is 3.39. The molecule has 0 radical (unpaired) electrons. The van der Waals surface area contributed by atoms with Crippen molar-refractivity contribution in [1.82, 2.24) is 9.97 Å². The van der Waals surface area contributed by atoms with Gasteiger partial charge in [0.25, 0.3) is 0 Å². The lowest BCUT2D eigenvalue weighted by molar-refractivity contribution is 0.356. The van der Waals surface area contributed by atoms with E-state index >= 15 is 0 Å². The molecule has 1 aliphatic rings. The molecule has 2 aromatic carbocycles. The van der Waals surface area contributed by atoms with Crippen LogP contribution < -0.4 is 14.4 Å². The van der Waals surface area contributed by atoms with Gasteiger partial charge < -0.3 is 24.6 Å². The molecule has 7 nitrogen and oxygen atoms in total. The van der Waals surface area contributed by atoms with E-state index in [0.717, 1.165) is 40.8 Å². The summed E-state index contributed by atoms with van der Waals surface area (Å²) in [5, 5.41) is 20.4. The Hall–Kier alpha value is -3.22. The van der Waals surface area contributed by atoms with Crippen molar-refractivity contribution < 1.29 is 19.7 Å². The molecule has 0 unspecified atom stereocenters. The first-order valence-electron chi connectivity index (χ1n) is 8.26. The first kappa shape index (κ1) is 16.3. The zero-order valence-corrected chi connectivity index (χ0v) is 14.6. The van der Waals surface area contributed by atoms with Crippen LogP contribution in [0.25, 0.3) is 10.9 Å². The zero-order valence-electron chi connectivity index (χ0n) is 14.6. The van der Waals surface area contributed by atoms with Crippen molar-refractivity contribution in [1.29, 1.82) is 0 Å².